The van der Waals surface area contributed by atoms with Gasteiger partial charge in [0.15, 0.2) is 11.6 Å². The molecule has 0 saturated carbocycles. The average molecular weight is 360 g/mol. The lowest BCUT2D eigenvalue weighted by Gasteiger charge is -2.23. The smallest absolute Gasteiger partial charge is 0.259 e. The molecule has 1 aliphatic rings. The van der Waals surface area contributed by atoms with Crippen molar-refractivity contribution < 1.29 is 4.79 Å². The highest BCUT2D eigenvalue weighted by molar-refractivity contribution is 6.07. The number of carbonyl (C=O) groups is 1. The van der Waals surface area contributed by atoms with Crippen molar-refractivity contribution >= 4 is 28.6 Å². The first-order valence-corrected chi connectivity index (χ1v) is 9.44. The molecule has 4 rings (SSSR count). The summed E-state index contributed by atoms with van der Waals surface area (Å²) in [5, 5.41) is 0. The lowest BCUT2D eigenvalue weighted by molar-refractivity contribution is 0.0986. The standard InChI is InChI=1S/C22H24N4O/c1-15(2)16-9-11-17(12-10-16)22(27)26-14-6-13-25(3)20-21(26)24-19-8-5-4-7-18(19)23-20/h4-5,7-12,15H,6,13-14H2,1-3H3. The van der Waals surface area contributed by atoms with Gasteiger partial charge in [0.05, 0.1) is 11.0 Å². The topological polar surface area (TPSA) is 49.3 Å². The summed E-state index contributed by atoms with van der Waals surface area (Å²) in [6, 6.07) is 15.7. The molecule has 2 aromatic carbocycles. The van der Waals surface area contributed by atoms with Crippen molar-refractivity contribution in [2.75, 3.05) is 29.9 Å². The van der Waals surface area contributed by atoms with E-state index in [2.05, 4.69) is 18.7 Å². The third-order valence-electron chi connectivity index (χ3n) is 5.10. The SMILES string of the molecule is CC(C)c1ccc(C(=O)N2CCCN(C)c3nc4ccccc4nc32)cc1. The predicted molar refractivity (Wildman–Crippen MR) is 110 cm³/mol. The lowest BCUT2D eigenvalue weighted by Crippen LogP contribution is -2.32. The number of hydrogen-bond acceptors (Lipinski definition) is 4. The highest BCUT2D eigenvalue weighted by Gasteiger charge is 2.27. The Kier molecular flexibility index (Phi) is 4.52. The number of para-hydroxylation sites is 2. The van der Waals surface area contributed by atoms with Crippen molar-refractivity contribution in [1.29, 1.82) is 0 Å². The molecule has 1 amide bonds. The van der Waals surface area contributed by atoms with Gasteiger partial charge in [-0.3, -0.25) is 9.69 Å². The van der Waals surface area contributed by atoms with Crippen LogP contribution in [-0.4, -0.2) is 36.0 Å². The monoisotopic (exact) mass is 360 g/mol. The van der Waals surface area contributed by atoms with Gasteiger partial charge in [0.2, 0.25) is 0 Å². The van der Waals surface area contributed by atoms with Crippen molar-refractivity contribution in [3.63, 3.8) is 0 Å². The average Bonchev–Trinajstić information content (AvgIpc) is 2.84. The highest BCUT2D eigenvalue weighted by Crippen LogP contribution is 2.31. The van der Waals surface area contributed by atoms with Crippen LogP contribution in [0.15, 0.2) is 48.5 Å². The van der Waals surface area contributed by atoms with Crippen LogP contribution >= 0.6 is 0 Å². The predicted octanol–water partition coefficient (Wildman–Crippen LogP) is 4.24. The number of fused-ring (bicyclic) bond motifs is 2. The molecule has 5 nitrogen and oxygen atoms in total. The number of carbonyl (C=O) groups excluding carboxylic acids is 1. The zero-order chi connectivity index (χ0) is 19.0. The molecular weight excluding hydrogens is 336 g/mol. The van der Waals surface area contributed by atoms with Gasteiger partial charge < -0.3 is 4.90 Å². The van der Waals surface area contributed by atoms with Crippen molar-refractivity contribution in [2.45, 2.75) is 26.2 Å². The van der Waals surface area contributed by atoms with Crippen LogP contribution in [0.25, 0.3) is 11.0 Å². The fraction of sp³-hybridized carbons (Fsp3) is 0.318. The molecule has 0 saturated heterocycles. The van der Waals surface area contributed by atoms with Crippen LogP contribution in [0.5, 0.6) is 0 Å². The second kappa shape index (κ2) is 6.99. The summed E-state index contributed by atoms with van der Waals surface area (Å²) >= 11 is 0. The summed E-state index contributed by atoms with van der Waals surface area (Å²) in [6.45, 7) is 5.78. The zero-order valence-electron chi connectivity index (χ0n) is 16.0. The molecule has 3 aromatic rings. The van der Waals surface area contributed by atoms with Crippen molar-refractivity contribution in [3.05, 3.63) is 59.7 Å². The molecule has 1 aliphatic heterocycles. The molecule has 0 aliphatic carbocycles. The van der Waals surface area contributed by atoms with E-state index >= 15 is 0 Å². The van der Waals surface area contributed by atoms with Crippen LogP contribution in [0.2, 0.25) is 0 Å². The number of amides is 1. The number of nitrogens with zero attached hydrogens (tertiary/aromatic N) is 4. The number of aromatic nitrogens is 2. The van der Waals surface area contributed by atoms with E-state index in [9.17, 15) is 4.79 Å². The van der Waals surface area contributed by atoms with E-state index in [1.54, 1.807) is 4.90 Å². The molecule has 0 bridgehead atoms. The van der Waals surface area contributed by atoms with Crippen LogP contribution in [0.1, 0.15) is 42.1 Å². The van der Waals surface area contributed by atoms with Crippen LogP contribution in [0, 0.1) is 0 Å². The van der Waals surface area contributed by atoms with Gasteiger partial charge in [0, 0.05) is 25.7 Å². The first-order chi connectivity index (χ1) is 13.0. The van der Waals surface area contributed by atoms with E-state index in [1.807, 2.05) is 55.6 Å². The maximum Gasteiger partial charge on any atom is 0.259 e. The minimum atomic E-state index is -0.0218. The molecule has 138 valence electrons. The molecule has 0 unspecified atom stereocenters. The molecule has 1 aromatic heterocycles. The second-order valence-electron chi connectivity index (χ2n) is 7.37. The molecule has 0 spiro atoms. The van der Waals surface area contributed by atoms with E-state index in [0.29, 0.717) is 23.8 Å². The summed E-state index contributed by atoms with van der Waals surface area (Å²) in [6.07, 6.45) is 0.876. The van der Waals surface area contributed by atoms with E-state index < -0.39 is 0 Å². The van der Waals surface area contributed by atoms with E-state index in [1.165, 1.54) is 5.56 Å². The van der Waals surface area contributed by atoms with Crippen molar-refractivity contribution in [2.24, 2.45) is 0 Å². The summed E-state index contributed by atoms with van der Waals surface area (Å²) in [4.78, 5) is 26.7. The maximum atomic E-state index is 13.3. The summed E-state index contributed by atoms with van der Waals surface area (Å²) in [5.41, 5.74) is 3.57. The van der Waals surface area contributed by atoms with Gasteiger partial charge in [0.1, 0.15) is 0 Å². The fourth-order valence-corrected chi connectivity index (χ4v) is 3.46. The Labute approximate surface area is 159 Å². The van der Waals surface area contributed by atoms with Gasteiger partial charge in [-0.05, 0) is 42.2 Å². The summed E-state index contributed by atoms with van der Waals surface area (Å²) in [7, 11) is 2.01. The minimum absolute atomic E-state index is 0.0218. The lowest BCUT2D eigenvalue weighted by atomic mass is 10.0. The summed E-state index contributed by atoms with van der Waals surface area (Å²) in [5.74, 6) is 1.83. The molecule has 5 heteroatoms. The van der Waals surface area contributed by atoms with Crippen LogP contribution in [0.4, 0.5) is 11.6 Å². The van der Waals surface area contributed by atoms with E-state index in [0.717, 1.165) is 29.8 Å². The molecule has 0 atom stereocenters. The molecular formula is C22H24N4O. The quantitative estimate of drug-likeness (QED) is 0.686. The molecule has 2 heterocycles. The van der Waals surface area contributed by atoms with Gasteiger partial charge in [-0.25, -0.2) is 9.97 Å². The maximum absolute atomic E-state index is 13.3. The van der Waals surface area contributed by atoms with Crippen molar-refractivity contribution in [1.82, 2.24) is 9.97 Å². The largest absolute Gasteiger partial charge is 0.357 e. The Balaban J connectivity index is 1.77. The number of anilines is 2. The number of rotatable bonds is 2. The third-order valence-corrected chi connectivity index (χ3v) is 5.10. The first kappa shape index (κ1) is 17.5. The highest BCUT2D eigenvalue weighted by atomic mass is 16.2. The van der Waals surface area contributed by atoms with Gasteiger partial charge in [-0.2, -0.15) is 0 Å². The Bertz CT molecular complexity index is 981. The zero-order valence-corrected chi connectivity index (χ0v) is 16.0. The van der Waals surface area contributed by atoms with Crippen LogP contribution < -0.4 is 9.80 Å². The Morgan fingerprint density at radius 1 is 0.926 bits per heavy atom. The Morgan fingerprint density at radius 2 is 1.56 bits per heavy atom. The molecule has 0 fully saturated rings. The van der Waals surface area contributed by atoms with Gasteiger partial charge >= 0.3 is 0 Å². The van der Waals surface area contributed by atoms with Crippen molar-refractivity contribution in [3.8, 4) is 0 Å². The van der Waals surface area contributed by atoms with Gasteiger partial charge in [0.25, 0.3) is 5.91 Å². The molecule has 27 heavy (non-hydrogen) atoms. The minimum Gasteiger partial charge on any atom is -0.357 e. The number of hydrogen-bond donors (Lipinski definition) is 0. The van der Waals surface area contributed by atoms with Crippen LogP contribution in [-0.2, 0) is 0 Å². The van der Waals surface area contributed by atoms with Gasteiger partial charge in [-0.1, -0.05) is 38.1 Å². The first-order valence-electron chi connectivity index (χ1n) is 9.44. The second-order valence-corrected chi connectivity index (χ2v) is 7.37. The normalized spacial score (nSPS) is 14.4. The van der Waals surface area contributed by atoms with Crippen LogP contribution in [0.3, 0.4) is 0 Å². The third kappa shape index (κ3) is 3.25. The van der Waals surface area contributed by atoms with E-state index in [-0.39, 0.29) is 5.91 Å². The fourth-order valence-electron chi connectivity index (χ4n) is 3.46. The summed E-state index contributed by atoms with van der Waals surface area (Å²) < 4.78 is 0. The molecule has 0 radical (unpaired) electrons. The molecule has 0 N–H and O–H groups in total. The van der Waals surface area contributed by atoms with Gasteiger partial charge in [-0.15, -0.1) is 0 Å². The van der Waals surface area contributed by atoms with E-state index in [4.69, 9.17) is 9.97 Å². The Morgan fingerprint density at radius 3 is 2.19 bits per heavy atom. The number of benzene rings is 2. The Hall–Kier alpha value is -2.95.